The maximum atomic E-state index is 12.4. The van der Waals surface area contributed by atoms with Gasteiger partial charge in [-0.05, 0) is 50.4 Å². The molecule has 1 atom stereocenters. The van der Waals surface area contributed by atoms with Crippen LogP contribution in [0.3, 0.4) is 0 Å². The lowest BCUT2D eigenvalue weighted by molar-refractivity contribution is -0.118. The highest BCUT2D eigenvalue weighted by molar-refractivity contribution is 7.99. The van der Waals surface area contributed by atoms with Crippen molar-refractivity contribution in [2.24, 2.45) is 0 Å². The molecule has 1 unspecified atom stereocenters. The van der Waals surface area contributed by atoms with Crippen LogP contribution in [0.1, 0.15) is 38.2 Å². The van der Waals surface area contributed by atoms with Gasteiger partial charge in [0.2, 0.25) is 12.7 Å². The molecule has 9 nitrogen and oxygen atoms in total. The molecule has 3 aliphatic heterocycles. The number of carbonyl (C=O) groups is 1. The first-order chi connectivity index (χ1) is 18.5. The third-order valence-electron chi connectivity index (χ3n) is 7.42. The minimum Gasteiger partial charge on any atom is -0.454 e. The van der Waals surface area contributed by atoms with E-state index in [1.54, 1.807) is 6.07 Å². The summed E-state index contributed by atoms with van der Waals surface area (Å²) in [6.07, 6.45) is 4.86. The van der Waals surface area contributed by atoms with Crippen molar-refractivity contribution in [1.82, 2.24) is 25.1 Å². The Balaban J connectivity index is 1.04. The summed E-state index contributed by atoms with van der Waals surface area (Å²) in [5, 5.41) is 3.97. The molecule has 1 aromatic carbocycles. The number of likely N-dealkylation sites (tertiary alicyclic amines) is 1. The highest BCUT2D eigenvalue weighted by Gasteiger charge is 2.21. The van der Waals surface area contributed by atoms with E-state index in [0.717, 1.165) is 63.0 Å². The van der Waals surface area contributed by atoms with Crippen LogP contribution in [0.15, 0.2) is 29.4 Å². The molecule has 0 aliphatic carbocycles. The second kappa shape index (κ2) is 13.2. The van der Waals surface area contributed by atoms with E-state index in [2.05, 4.69) is 44.1 Å². The van der Waals surface area contributed by atoms with Crippen LogP contribution in [-0.2, 0) is 11.3 Å². The van der Waals surface area contributed by atoms with Gasteiger partial charge in [-0.1, -0.05) is 35.9 Å². The van der Waals surface area contributed by atoms with Crippen molar-refractivity contribution in [1.29, 1.82) is 0 Å². The van der Waals surface area contributed by atoms with Crippen LogP contribution in [0.2, 0.25) is 5.15 Å². The number of piperidine rings is 1. The second-order valence-corrected chi connectivity index (χ2v) is 11.5. The van der Waals surface area contributed by atoms with Gasteiger partial charge in [0.05, 0.1) is 5.75 Å². The van der Waals surface area contributed by atoms with Crippen LogP contribution in [-0.4, -0.2) is 90.1 Å². The number of nitrogens with one attached hydrogen (secondary N) is 1. The Labute approximate surface area is 234 Å². The Morgan fingerprint density at radius 2 is 1.95 bits per heavy atom. The Morgan fingerprint density at radius 3 is 2.79 bits per heavy atom. The zero-order chi connectivity index (χ0) is 26.3. The molecule has 5 rings (SSSR count). The van der Waals surface area contributed by atoms with Crippen molar-refractivity contribution in [3.8, 4) is 11.5 Å². The number of rotatable bonds is 10. The topological polar surface area (TPSA) is 83.1 Å². The number of benzene rings is 1. The fraction of sp³-hybridized carbons (Fsp3) is 0.593. The fourth-order valence-electron chi connectivity index (χ4n) is 5.23. The molecule has 206 valence electrons. The molecule has 38 heavy (non-hydrogen) atoms. The molecular weight excluding hydrogens is 524 g/mol. The lowest BCUT2D eigenvalue weighted by Crippen LogP contribution is -2.46. The van der Waals surface area contributed by atoms with E-state index in [-0.39, 0.29) is 11.7 Å². The maximum absolute atomic E-state index is 12.4. The van der Waals surface area contributed by atoms with E-state index in [4.69, 9.17) is 26.1 Å². The Kier molecular flexibility index (Phi) is 9.48. The third kappa shape index (κ3) is 7.43. The SMILES string of the molecule is CC1CCCCN1CCCNC(=O)CSc1nc(Cl)cc(N2CCN(Cc3ccc4c(c3)OCO4)CC2)n1. The van der Waals surface area contributed by atoms with Crippen molar-refractivity contribution in [2.75, 3.05) is 63.3 Å². The monoisotopic (exact) mass is 560 g/mol. The van der Waals surface area contributed by atoms with Gasteiger partial charge in [-0.2, -0.15) is 0 Å². The zero-order valence-corrected chi connectivity index (χ0v) is 23.6. The first kappa shape index (κ1) is 27.3. The van der Waals surface area contributed by atoms with Crippen LogP contribution in [0.4, 0.5) is 5.82 Å². The van der Waals surface area contributed by atoms with Gasteiger partial charge in [0.25, 0.3) is 0 Å². The summed E-state index contributed by atoms with van der Waals surface area (Å²) < 4.78 is 10.9. The molecular formula is C27H37ClN6O3S. The average molecular weight is 561 g/mol. The Morgan fingerprint density at radius 1 is 1.11 bits per heavy atom. The third-order valence-corrected chi connectivity index (χ3v) is 8.46. The number of aromatic nitrogens is 2. The minimum absolute atomic E-state index is 0.00366. The van der Waals surface area contributed by atoms with Crippen LogP contribution < -0.4 is 19.7 Å². The van der Waals surface area contributed by atoms with E-state index >= 15 is 0 Å². The van der Waals surface area contributed by atoms with E-state index in [9.17, 15) is 4.79 Å². The van der Waals surface area contributed by atoms with Crippen molar-refractivity contribution in [2.45, 2.75) is 50.4 Å². The maximum Gasteiger partial charge on any atom is 0.231 e. The van der Waals surface area contributed by atoms with Gasteiger partial charge in [0.1, 0.15) is 11.0 Å². The lowest BCUT2D eigenvalue weighted by atomic mass is 10.0. The van der Waals surface area contributed by atoms with Crippen LogP contribution >= 0.6 is 23.4 Å². The molecule has 4 heterocycles. The molecule has 0 radical (unpaired) electrons. The highest BCUT2D eigenvalue weighted by atomic mass is 35.5. The van der Waals surface area contributed by atoms with Gasteiger partial charge in [0.15, 0.2) is 16.7 Å². The number of anilines is 1. The number of thioether (sulfide) groups is 1. The smallest absolute Gasteiger partial charge is 0.231 e. The number of piperazine rings is 1. The van der Waals surface area contributed by atoms with Crippen molar-refractivity contribution in [3.05, 3.63) is 35.0 Å². The second-order valence-electron chi connectivity index (χ2n) is 10.2. The summed E-state index contributed by atoms with van der Waals surface area (Å²) in [6, 6.07) is 8.60. The molecule has 0 spiro atoms. The largest absolute Gasteiger partial charge is 0.454 e. The number of fused-ring (bicyclic) bond motifs is 1. The first-order valence-electron chi connectivity index (χ1n) is 13.6. The standard InChI is InChI=1S/C27H37ClN6O3S/c1-20-5-2-3-9-33(20)10-4-8-29-26(35)18-38-27-30-24(28)16-25(31-27)34-13-11-32(12-14-34)17-21-6-7-22-23(15-21)37-19-36-22/h6-7,15-16,20H,2-5,8-14,17-19H2,1H3,(H,29,35). The predicted molar refractivity (Wildman–Crippen MR) is 150 cm³/mol. The number of nitrogens with zero attached hydrogens (tertiary/aromatic N) is 5. The normalized spacial score (nSPS) is 20.1. The van der Waals surface area contributed by atoms with E-state index < -0.39 is 0 Å². The number of ether oxygens (including phenoxy) is 2. The number of amides is 1. The predicted octanol–water partition coefficient (Wildman–Crippen LogP) is 3.65. The molecule has 0 bridgehead atoms. The quantitative estimate of drug-likeness (QED) is 0.202. The molecule has 11 heteroatoms. The lowest BCUT2D eigenvalue weighted by Gasteiger charge is -2.35. The van der Waals surface area contributed by atoms with Crippen molar-refractivity contribution in [3.63, 3.8) is 0 Å². The summed E-state index contributed by atoms with van der Waals surface area (Å²) in [6.45, 7) is 9.89. The van der Waals surface area contributed by atoms with Gasteiger partial charge in [0, 0.05) is 57.9 Å². The van der Waals surface area contributed by atoms with Gasteiger partial charge >= 0.3 is 0 Å². The summed E-state index contributed by atoms with van der Waals surface area (Å²) in [5.41, 5.74) is 1.21. The molecule has 2 fully saturated rings. The van der Waals surface area contributed by atoms with E-state index in [0.29, 0.717) is 29.7 Å². The van der Waals surface area contributed by atoms with Crippen LogP contribution in [0.25, 0.3) is 0 Å². The molecule has 0 saturated carbocycles. The Bertz CT molecular complexity index is 1100. The van der Waals surface area contributed by atoms with E-state index in [1.165, 1.54) is 43.1 Å². The average Bonchev–Trinajstić information content (AvgIpc) is 3.39. The fourth-order valence-corrected chi connectivity index (χ4v) is 6.14. The molecule has 2 saturated heterocycles. The molecule has 3 aliphatic rings. The number of halogens is 1. The number of hydrogen-bond acceptors (Lipinski definition) is 9. The zero-order valence-electron chi connectivity index (χ0n) is 22.0. The molecule has 2 aromatic rings. The van der Waals surface area contributed by atoms with Gasteiger partial charge in [-0.15, -0.1) is 0 Å². The molecule has 1 aromatic heterocycles. The molecule has 1 N–H and O–H groups in total. The van der Waals surface area contributed by atoms with Crippen LogP contribution in [0.5, 0.6) is 11.5 Å². The summed E-state index contributed by atoms with van der Waals surface area (Å²) in [7, 11) is 0. The first-order valence-corrected chi connectivity index (χ1v) is 14.9. The van der Waals surface area contributed by atoms with Crippen molar-refractivity contribution >= 4 is 35.1 Å². The van der Waals surface area contributed by atoms with Gasteiger partial charge in [-0.3, -0.25) is 9.69 Å². The van der Waals surface area contributed by atoms with E-state index in [1.807, 2.05) is 6.07 Å². The number of carbonyl (C=O) groups excluding carboxylic acids is 1. The summed E-state index contributed by atoms with van der Waals surface area (Å²) in [4.78, 5) is 28.6. The van der Waals surface area contributed by atoms with Crippen LogP contribution in [0, 0.1) is 0 Å². The minimum atomic E-state index is 0.00366. The Hall–Kier alpha value is -2.27. The van der Waals surface area contributed by atoms with Gasteiger partial charge in [-0.25, -0.2) is 9.97 Å². The number of hydrogen-bond donors (Lipinski definition) is 1. The summed E-state index contributed by atoms with van der Waals surface area (Å²) in [5.74, 6) is 2.73. The highest BCUT2D eigenvalue weighted by Crippen LogP contribution is 2.33. The molecule has 1 amide bonds. The summed E-state index contributed by atoms with van der Waals surface area (Å²) >= 11 is 7.66. The van der Waals surface area contributed by atoms with Crippen molar-refractivity contribution < 1.29 is 14.3 Å². The van der Waals surface area contributed by atoms with Gasteiger partial charge < -0.3 is 24.6 Å².